The van der Waals surface area contributed by atoms with Gasteiger partial charge in [0.2, 0.25) is 0 Å². The molecule has 3 aromatic rings. The summed E-state index contributed by atoms with van der Waals surface area (Å²) in [5.74, 6) is 0.807. The van der Waals surface area contributed by atoms with Crippen LogP contribution >= 0.6 is 35.3 Å². The molecule has 1 aliphatic rings. The van der Waals surface area contributed by atoms with E-state index in [4.69, 9.17) is 11.6 Å². The lowest BCUT2D eigenvalue weighted by Crippen LogP contribution is -2.21. The highest BCUT2D eigenvalue weighted by molar-refractivity contribution is 7.26. The van der Waals surface area contributed by atoms with Crippen LogP contribution in [0.2, 0.25) is 5.02 Å². The minimum Gasteiger partial charge on any atom is -0.352 e. The molecule has 0 spiro atoms. The van der Waals surface area contributed by atoms with Crippen molar-refractivity contribution in [2.45, 2.75) is 26.4 Å². The standard InChI is InChI=1S/C15H14ClFN4S.ClH/c1-7-10-12-13(22-15(10)20-8(2)11(7)16)14(19-6-18-12)21-4-3-9(17)5-21;/h6,9H,3-5H2,1-2H3;1H. The van der Waals surface area contributed by atoms with Gasteiger partial charge in [0.05, 0.1) is 27.5 Å². The van der Waals surface area contributed by atoms with E-state index in [1.54, 1.807) is 17.7 Å². The van der Waals surface area contributed by atoms with Gasteiger partial charge in [-0.1, -0.05) is 11.6 Å². The quantitative estimate of drug-likeness (QED) is 0.631. The van der Waals surface area contributed by atoms with Gasteiger partial charge in [-0.25, -0.2) is 19.3 Å². The Bertz CT molecular complexity index is 898. The summed E-state index contributed by atoms with van der Waals surface area (Å²) in [5, 5.41) is 1.66. The van der Waals surface area contributed by atoms with Crippen LogP contribution < -0.4 is 4.90 Å². The second-order valence-corrected chi connectivity index (χ2v) is 7.00. The van der Waals surface area contributed by atoms with E-state index in [9.17, 15) is 4.39 Å². The van der Waals surface area contributed by atoms with Crippen LogP contribution in [0.25, 0.3) is 20.4 Å². The van der Waals surface area contributed by atoms with Crippen LogP contribution in [0.5, 0.6) is 0 Å². The molecule has 0 radical (unpaired) electrons. The Labute approximate surface area is 148 Å². The summed E-state index contributed by atoms with van der Waals surface area (Å²) in [6.45, 7) is 4.97. The van der Waals surface area contributed by atoms with Gasteiger partial charge in [0.1, 0.15) is 23.1 Å². The molecule has 4 rings (SSSR count). The molecule has 0 amide bonds. The maximum Gasteiger partial charge on any atom is 0.150 e. The normalized spacial score (nSPS) is 17.9. The molecule has 8 heteroatoms. The van der Waals surface area contributed by atoms with Gasteiger partial charge in [-0.05, 0) is 25.8 Å². The number of rotatable bonds is 1. The summed E-state index contributed by atoms with van der Waals surface area (Å²) in [4.78, 5) is 16.3. The second kappa shape index (κ2) is 6.00. The van der Waals surface area contributed by atoms with Gasteiger partial charge >= 0.3 is 0 Å². The van der Waals surface area contributed by atoms with E-state index in [0.29, 0.717) is 24.5 Å². The Morgan fingerprint density at radius 2 is 2.13 bits per heavy atom. The number of alkyl halides is 1. The number of nitrogens with zero attached hydrogens (tertiary/aromatic N) is 4. The van der Waals surface area contributed by atoms with Crippen LogP contribution in [0.4, 0.5) is 10.2 Å². The first-order valence-electron chi connectivity index (χ1n) is 7.15. The van der Waals surface area contributed by atoms with Gasteiger partial charge in [0, 0.05) is 11.9 Å². The molecule has 122 valence electrons. The van der Waals surface area contributed by atoms with E-state index in [2.05, 4.69) is 15.0 Å². The first-order chi connectivity index (χ1) is 10.6. The summed E-state index contributed by atoms with van der Waals surface area (Å²) in [7, 11) is 0. The summed E-state index contributed by atoms with van der Waals surface area (Å²) >= 11 is 7.89. The lowest BCUT2D eigenvalue weighted by Gasteiger charge is -2.16. The molecule has 0 aliphatic carbocycles. The lowest BCUT2D eigenvalue weighted by molar-refractivity contribution is 0.364. The second-order valence-electron chi connectivity index (χ2n) is 5.63. The molecule has 1 atom stereocenters. The Kier molecular flexibility index (Phi) is 4.33. The summed E-state index contributed by atoms with van der Waals surface area (Å²) in [6, 6.07) is 0. The number of aryl methyl sites for hydroxylation is 2. The van der Waals surface area contributed by atoms with Crippen molar-refractivity contribution in [3.63, 3.8) is 0 Å². The smallest absolute Gasteiger partial charge is 0.150 e. The maximum atomic E-state index is 13.5. The number of pyridine rings is 1. The number of thiophene rings is 1. The number of hydrogen-bond acceptors (Lipinski definition) is 5. The molecule has 1 fully saturated rings. The van der Waals surface area contributed by atoms with E-state index in [1.807, 2.05) is 18.7 Å². The number of fused-ring (bicyclic) bond motifs is 3. The molecule has 0 saturated carbocycles. The van der Waals surface area contributed by atoms with Crippen molar-refractivity contribution >= 4 is 61.6 Å². The highest BCUT2D eigenvalue weighted by Crippen LogP contribution is 2.40. The van der Waals surface area contributed by atoms with Crippen LogP contribution in [-0.4, -0.2) is 34.2 Å². The van der Waals surface area contributed by atoms with Crippen molar-refractivity contribution in [1.82, 2.24) is 15.0 Å². The summed E-state index contributed by atoms with van der Waals surface area (Å²) in [5.41, 5.74) is 2.67. The molecule has 4 nitrogen and oxygen atoms in total. The highest BCUT2D eigenvalue weighted by atomic mass is 35.5. The minimum atomic E-state index is -0.782. The fourth-order valence-corrected chi connectivity index (χ4v) is 4.41. The Balaban J connectivity index is 0.00000156. The Hall–Kier alpha value is -1.24. The van der Waals surface area contributed by atoms with E-state index in [1.165, 1.54) is 0 Å². The van der Waals surface area contributed by atoms with Crippen molar-refractivity contribution < 1.29 is 4.39 Å². The fourth-order valence-electron chi connectivity index (χ4n) is 3.02. The zero-order chi connectivity index (χ0) is 15.4. The molecule has 3 aromatic heterocycles. The topological polar surface area (TPSA) is 41.9 Å². The van der Waals surface area contributed by atoms with E-state index in [0.717, 1.165) is 37.5 Å². The van der Waals surface area contributed by atoms with Gasteiger partial charge in [0.15, 0.2) is 0 Å². The van der Waals surface area contributed by atoms with Crippen LogP contribution in [0.15, 0.2) is 6.33 Å². The summed E-state index contributed by atoms with van der Waals surface area (Å²) in [6.07, 6.45) is 1.32. The average Bonchev–Trinajstić information content (AvgIpc) is 3.07. The molecular weight excluding hydrogens is 358 g/mol. The van der Waals surface area contributed by atoms with Crippen molar-refractivity contribution in [2.24, 2.45) is 0 Å². The molecule has 4 heterocycles. The van der Waals surface area contributed by atoms with Gasteiger partial charge in [-0.3, -0.25) is 0 Å². The molecule has 1 aliphatic heterocycles. The maximum absolute atomic E-state index is 13.5. The number of aromatic nitrogens is 3. The van der Waals surface area contributed by atoms with Gasteiger partial charge in [0.25, 0.3) is 0 Å². The molecule has 1 unspecified atom stereocenters. The summed E-state index contributed by atoms with van der Waals surface area (Å²) < 4.78 is 14.5. The largest absolute Gasteiger partial charge is 0.352 e. The fraction of sp³-hybridized carbons (Fsp3) is 0.400. The number of hydrogen-bond donors (Lipinski definition) is 0. The van der Waals surface area contributed by atoms with Crippen molar-refractivity contribution in [1.29, 1.82) is 0 Å². The van der Waals surface area contributed by atoms with Crippen LogP contribution in [0.1, 0.15) is 17.7 Å². The predicted octanol–water partition coefficient (Wildman–Crippen LogP) is 4.48. The molecule has 0 N–H and O–H groups in total. The third-order valence-corrected chi connectivity index (χ3v) is 5.78. The molecule has 23 heavy (non-hydrogen) atoms. The Morgan fingerprint density at radius 1 is 1.35 bits per heavy atom. The van der Waals surface area contributed by atoms with Gasteiger partial charge in [-0.15, -0.1) is 23.7 Å². The van der Waals surface area contributed by atoms with Crippen molar-refractivity contribution in [3.8, 4) is 0 Å². The van der Waals surface area contributed by atoms with Crippen LogP contribution in [0.3, 0.4) is 0 Å². The van der Waals surface area contributed by atoms with Crippen LogP contribution in [0, 0.1) is 13.8 Å². The third kappa shape index (κ3) is 2.53. The van der Waals surface area contributed by atoms with Gasteiger partial charge in [-0.2, -0.15) is 0 Å². The molecule has 1 saturated heterocycles. The average molecular weight is 373 g/mol. The Morgan fingerprint density at radius 3 is 2.83 bits per heavy atom. The first-order valence-corrected chi connectivity index (χ1v) is 8.34. The van der Waals surface area contributed by atoms with Gasteiger partial charge < -0.3 is 4.90 Å². The minimum absolute atomic E-state index is 0. The monoisotopic (exact) mass is 372 g/mol. The highest BCUT2D eigenvalue weighted by Gasteiger charge is 2.26. The van der Waals surface area contributed by atoms with E-state index in [-0.39, 0.29) is 12.4 Å². The van der Waals surface area contributed by atoms with Crippen molar-refractivity contribution in [3.05, 3.63) is 22.6 Å². The zero-order valence-corrected chi connectivity index (χ0v) is 15.0. The number of halogens is 3. The number of anilines is 1. The molecular formula is C15H15Cl2FN4S. The zero-order valence-electron chi connectivity index (χ0n) is 12.6. The predicted molar refractivity (Wildman–Crippen MR) is 96.2 cm³/mol. The molecule has 0 aromatic carbocycles. The van der Waals surface area contributed by atoms with Crippen molar-refractivity contribution in [2.75, 3.05) is 18.0 Å². The lowest BCUT2D eigenvalue weighted by atomic mass is 10.1. The van der Waals surface area contributed by atoms with Crippen LogP contribution in [-0.2, 0) is 0 Å². The SMILES string of the molecule is Cc1nc2sc3c(N4CCC(F)C4)ncnc3c2c(C)c1Cl.Cl. The van der Waals surface area contributed by atoms with E-state index >= 15 is 0 Å². The third-order valence-electron chi connectivity index (χ3n) is 4.16. The van der Waals surface area contributed by atoms with E-state index < -0.39 is 6.17 Å². The first kappa shape index (κ1) is 16.6. The molecule has 0 bridgehead atoms.